The summed E-state index contributed by atoms with van der Waals surface area (Å²) in [5.41, 5.74) is 1.19. The molecule has 1 fully saturated rings. The van der Waals surface area contributed by atoms with E-state index in [1.54, 1.807) is 18.0 Å². The van der Waals surface area contributed by atoms with Crippen LogP contribution < -0.4 is 4.90 Å². The number of nitrogens with one attached hydrogen (secondary N) is 1. The Bertz CT molecular complexity index is 884. The lowest BCUT2D eigenvalue weighted by atomic mass is 10.2. The molecule has 4 rings (SSSR count). The van der Waals surface area contributed by atoms with E-state index in [1.165, 1.54) is 10.5 Å². The van der Waals surface area contributed by atoms with Crippen LogP contribution in [0.25, 0.3) is 11.6 Å². The van der Waals surface area contributed by atoms with Gasteiger partial charge in [-0.15, -0.1) is 10.2 Å². The fourth-order valence-corrected chi connectivity index (χ4v) is 4.39. The lowest BCUT2D eigenvalue weighted by molar-refractivity contribution is -0.924. The predicted molar refractivity (Wildman–Crippen MR) is 105 cm³/mol. The lowest BCUT2D eigenvalue weighted by Crippen LogP contribution is -3.13. The van der Waals surface area contributed by atoms with Crippen molar-refractivity contribution in [2.45, 2.75) is 17.8 Å². The fraction of sp³-hybridized carbons (Fsp3) is 0.368. The summed E-state index contributed by atoms with van der Waals surface area (Å²) in [6.07, 6.45) is 1.83. The number of aromatic nitrogens is 3. The second-order valence-corrected chi connectivity index (χ2v) is 8.01. The molecule has 0 aliphatic carbocycles. The third kappa shape index (κ3) is 4.38. The maximum absolute atomic E-state index is 6.31. The number of thioether (sulfide) groups is 1. The van der Waals surface area contributed by atoms with Crippen molar-refractivity contribution in [1.82, 2.24) is 14.8 Å². The van der Waals surface area contributed by atoms with Crippen molar-refractivity contribution in [3.05, 3.63) is 53.2 Å². The van der Waals surface area contributed by atoms with Gasteiger partial charge in [-0.25, -0.2) is 0 Å². The van der Waals surface area contributed by atoms with E-state index in [-0.39, 0.29) is 6.10 Å². The molecule has 3 aromatic rings. The third-order valence-corrected chi connectivity index (χ3v) is 6.22. The number of furan rings is 1. The van der Waals surface area contributed by atoms with E-state index >= 15 is 0 Å². The van der Waals surface area contributed by atoms with Gasteiger partial charge in [-0.1, -0.05) is 41.6 Å². The second kappa shape index (κ2) is 8.48. The topological polar surface area (TPSA) is 57.5 Å². The van der Waals surface area contributed by atoms with E-state index in [1.807, 2.05) is 41.9 Å². The number of hydrogen-bond donors (Lipinski definition) is 1. The van der Waals surface area contributed by atoms with Crippen molar-refractivity contribution >= 4 is 23.4 Å². The molecular weight excluding hydrogens is 384 g/mol. The average molecular weight is 406 g/mol. The first-order chi connectivity index (χ1) is 13.2. The molecule has 2 atom stereocenters. The molecule has 1 aliphatic heterocycles. The zero-order valence-corrected chi connectivity index (χ0v) is 16.7. The summed E-state index contributed by atoms with van der Waals surface area (Å²) in [6.45, 7) is 3.65. The summed E-state index contributed by atoms with van der Waals surface area (Å²) in [5.74, 6) is 2.30. The Labute approximate surface area is 167 Å². The van der Waals surface area contributed by atoms with Crippen LogP contribution in [0.1, 0.15) is 5.56 Å². The van der Waals surface area contributed by atoms with Crippen LogP contribution in [0.15, 0.2) is 52.2 Å². The van der Waals surface area contributed by atoms with Gasteiger partial charge in [0.1, 0.15) is 25.7 Å². The Balaban J connectivity index is 1.34. The monoisotopic (exact) mass is 405 g/mol. The summed E-state index contributed by atoms with van der Waals surface area (Å²) in [7, 11) is 1.96. The van der Waals surface area contributed by atoms with E-state index in [4.69, 9.17) is 20.8 Å². The highest BCUT2D eigenvalue weighted by molar-refractivity contribution is 7.99. The Hall–Kier alpha value is -1.80. The summed E-state index contributed by atoms with van der Waals surface area (Å²) in [4.78, 5) is 1.49. The second-order valence-electron chi connectivity index (χ2n) is 6.62. The molecule has 1 N–H and O–H groups in total. The largest absolute Gasteiger partial charge is 0.461 e. The quantitative estimate of drug-likeness (QED) is 0.638. The van der Waals surface area contributed by atoms with Crippen molar-refractivity contribution < 1.29 is 14.1 Å². The van der Waals surface area contributed by atoms with Gasteiger partial charge in [-0.3, -0.25) is 0 Å². The molecule has 1 aromatic carbocycles. The molecule has 8 heteroatoms. The molecule has 6 nitrogen and oxygen atoms in total. The van der Waals surface area contributed by atoms with Crippen LogP contribution in [0.3, 0.4) is 0 Å². The minimum atomic E-state index is 0.185. The standard InChI is InChI=1S/C19H21ClN4O2S/c1-23-18(17-7-4-9-26-17)21-22-19(23)27-13-15-12-24(8-10-25-15)11-14-5-2-3-6-16(14)20/h2-7,9,15H,8,10-13H2,1H3/p+1/t15-/m1/s1. The summed E-state index contributed by atoms with van der Waals surface area (Å²) in [6, 6.07) is 11.8. The van der Waals surface area contributed by atoms with E-state index < -0.39 is 0 Å². The van der Waals surface area contributed by atoms with Gasteiger partial charge < -0.3 is 18.6 Å². The summed E-state index contributed by atoms with van der Waals surface area (Å²) < 4.78 is 13.3. The van der Waals surface area contributed by atoms with Crippen LogP contribution in [0, 0.1) is 0 Å². The summed E-state index contributed by atoms with van der Waals surface area (Å²) >= 11 is 7.98. The van der Waals surface area contributed by atoms with E-state index in [0.717, 1.165) is 53.8 Å². The van der Waals surface area contributed by atoms with Crippen molar-refractivity contribution in [3.63, 3.8) is 0 Å². The molecule has 3 heterocycles. The van der Waals surface area contributed by atoms with Crippen LogP contribution in [-0.2, 0) is 18.3 Å². The van der Waals surface area contributed by atoms with Crippen LogP contribution in [0.5, 0.6) is 0 Å². The number of hydrogen-bond acceptors (Lipinski definition) is 5. The minimum Gasteiger partial charge on any atom is -0.461 e. The molecule has 0 bridgehead atoms. The van der Waals surface area contributed by atoms with Crippen LogP contribution >= 0.6 is 23.4 Å². The number of benzene rings is 1. The molecular formula is C19H22ClN4O2S+. The van der Waals surface area contributed by atoms with E-state index in [2.05, 4.69) is 16.3 Å². The number of halogens is 1. The number of nitrogens with zero attached hydrogens (tertiary/aromatic N) is 3. The Kier molecular flexibility index (Phi) is 5.83. The first-order valence-electron chi connectivity index (χ1n) is 8.95. The number of ether oxygens (including phenoxy) is 1. The smallest absolute Gasteiger partial charge is 0.200 e. The number of morpholine rings is 1. The van der Waals surface area contributed by atoms with Gasteiger partial charge in [0.2, 0.25) is 0 Å². The SMILES string of the molecule is Cn1c(SC[C@H]2C[NH+](Cc3ccccc3Cl)CCO2)nnc1-c1ccco1. The minimum absolute atomic E-state index is 0.185. The molecule has 0 spiro atoms. The van der Waals surface area contributed by atoms with Crippen molar-refractivity contribution in [2.75, 3.05) is 25.4 Å². The molecule has 0 amide bonds. The maximum atomic E-state index is 6.31. The van der Waals surface area contributed by atoms with Gasteiger partial charge in [0.05, 0.1) is 12.9 Å². The van der Waals surface area contributed by atoms with Crippen LogP contribution in [-0.4, -0.2) is 46.3 Å². The van der Waals surface area contributed by atoms with Crippen molar-refractivity contribution in [1.29, 1.82) is 0 Å². The molecule has 1 unspecified atom stereocenters. The molecule has 0 saturated carbocycles. The molecule has 1 saturated heterocycles. The van der Waals surface area contributed by atoms with Gasteiger partial charge >= 0.3 is 0 Å². The molecule has 2 aromatic heterocycles. The Morgan fingerprint density at radius 2 is 2.15 bits per heavy atom. The van der Waals surface area contributed by atoms with E-state index in [9.17, 15) is 0 Å². The average Bonchev–Trinajstić information content (AvgIpc) is 3.32. The fourth-order valence-electron chi connectivity index (χ4n) is 3.26. The maximum Gasteiger partial charge on any atom is 0.200 e. The zero-order chi connectivity index (χ0) is 18.6. The number of quaternary nitrogens is 1. The Morgan fingerprint density at radius 1 is 1.26 bits per heavy atom. The molecule has 1 aliphatic rings. The van der Waals surface area contributed by atoms with Crippen LogP contribution in [0.4, 0.5) is 0 Å². The molecule has 27 heavy (non-hydrogen) atoms. The van der Waals surface area contributed by atoms with Crippen LogP contribution in [0.2, 0.25) is 5.02 Å². The van der Waals surface area contributed by atoms with Crippen molar-refractivity contribution in [3.8, 4) is 11.6 Å². The lowest BCUT2D eigenvalue weighted by Gasteiger charge is -2.30. The van der Waals surface area contributed by atoms with Gasteiger partial charge in [0.15, 0.2) is 16.7 Å². The van der Waals surface area contributed by atoms with Gasteiger partial charge in [-0.2, -0.15) is 0 Å². The highest BCUT2D eigenvalue weighted by Crippen LogP contribution is 2.23. The highest BCUT2D eigenvalue weighted by atomic mass is 35.5. The van der Waals surface area contributed by atoms with Gasteiger partial charge in [0, 0.05) is 23.4 Å². The third-order valence-electron chi connectivity index (χ3n) is 4.70. The predicted octanol–water partition coefficient (Wildman–Crippen LogP) is 2.30. The first-order valence-corrected chi connectivity index (χ1v) is 10.3. The van der Waals surface area contributed by atoms with Gasteiger partial charge in [0.25, 0.3) is 0 Å². The molecule has 0 radical (unpaired) electrons. The zero-order valence-electron chi connectivity index (χ0n) is 15.1. The normalized spacial score (nSPS) is 20.1. The highest BCUT2D eigenvalue weighted by Gasteiger charge is 2.25. The van der Waals surface area contributed by atoms with E-state index in [0.29, 0.717) is 0 Å². The first kappa shape index (κ1) is 18.6. The van der Waals surface area contributed by atoms with Crippen molar-refractivity contribution in [2.24, 2.45) is 7.05 Å². The Morgan fingerprint density at radius 3 is 2.96 bits per heavy atom. The van der Waals surface area contributed by atoms with Gasteiger partial charge in [-0.05, 0) is 18.2 Å². The summed E-state index contributed by atoms with van der Waals surface area (Å²) in [5, 5.41) is 10.2. The number of rotatable bonds is 6. The molecule has 142 valence electrons.